The van der Waals surface area contributed by atoms with Gasteiger partial charge >= 0.3 is 6.18 Å². The number of fused-ring (bicyclic) bond motifs is 1. The number of nitrogen functional groups attached to an aromatic ring is 1. The molecule has 37 heavy (non-hydrogen) atoms. The van der Waals surface area contributed by atoms with E-state index in [1.807, 2.05) is 6.92 Å². The minimum atomic E-state index is -4.42. The van der Waals surface area contributed by atoms with E-state index in [1.165, 1.54) is 29.2 Å². The molecule has 0 saturated heterocycles. The molecule has 1 unspecified atom stereocenters. The minimum Gasteiger partial charge on any atom is -0.366 e. The molecule has 0 saturated carbocycles. The summed E-state index contributed by atoms with van der Waals surface area (Å²) in [5, 5.41) is 12.4. The van der Waals surface area contributed by atoms with Crippen molar-refractivity contribution < 1.29 is 22.0 Å². The molecule has 0 aliphatic rings. The van der Waals surface area contributed by atoms with E-state index in [2.05, 4.69) is 25.3 Å². The average molecular weight is 517 g/mol. The van der Waals surface area contributed by atoms with Crippen LogP contribution in [0.4, 0.5) is 27.9 Å². The Kier molecular flexibility index (Phi) is 6.09. The van der Waals surface area contributed by atoms with E-state index < -0.39 is 19.1 Å². The van der Waals surface area contributed by atoms with Crippen molar-refractivity contribution in [3.8, 4) is 22.3 Å². The van der Waals surface area contributed by atoms with Gasteiger partial charge in [-0.1, -0.05) is 13.0 Å². The van der Waals surface area contributed by atoms with Crippen LogP contribution < -0.4 is 5.73 Å². The summed E-state index contributed by atoms with van der Waals surface area (Å²) in [6.45, 7) is 0.712. The second kappa shape index (κ2) is 9.26. The van der Waals surface area contributed by atoms with Crippen molar-refractivity contribution >= 4 is 11.6 Å². The molecular weight excluding hydrogens is 497 g/mol. The van der Waals surface area contributed by atoms with Crippen molar-refractivity contribution in [1.29, 1.82) is 0 Å². The molecule has 0 amide bonds. The molecule has 0 spiro atoms. The van der Waals surface area contributed by atoms with Gasteiger partial charge in [0.1, 0.15) is 12.2 Å². The summed E-state index contributed by atoms with van der Waals surface area (Å²) < 4.78 is 68.2. The van der Waals surface area contributed by atoms with Crippen molar-refractivity contribution in [2.75, 3.05) is 5.73 Å². The van der Waals surface area contributed by atoms with E-state index in [0.717, 1.165) is 10.2 Å². The van der Waals surface area contributed by atoms with Crippen LogP contribution in [-0.4, -0.2) is 45.3 Å². The van der Waals surface area contributed by atoms with Crippen molar-refractivity contribution in [2.24, 2.45) is 0 Å². The van der Waals surface area contributed by atoms with Crippen molar-refractivity contribution in [2.45, 2.75) is 38.5 Å². The first-order valence-corrected chi connectivity index (χ1v) is 11.2. The highest BCUT2D eigenvalue weighted by atomic mass is 19.4. The summed E-state index contributed by atoms with van der Waals surface area (Å²) in [5.41, 5.74) is 8.81. The fraction of sp³-hybridized carbons (Fsp3) is 0.261. The number of rotatable bonds is 7. The van der Waals surface area contributed by atoms with Crippen molar-refractivity contribution in [1.82, 2.24) is 39.1 Å². The lowest BCUT2D eigenvalue weighted by atomic mass is 10.1. The Balaban J connectivity index is 1.52. The van der Waals surface area contributed by atoms with Gasteiger partial charge in [-0.05, 0) is 24.1 Å². The smallest absolute Gasteiger partial charge is 0.366 e. The first-order valence-electron chi connectivity index (χ1n) is 11.2. The van der Waals surface area contributed by atoms with Crippen LogP contribution in [0.3, 0.4) is 0 Å². The molecule has 0 fully saturated rings. The Morgan fingerprint density at radius 3 is 2.43 bits per heavy atom. The highest BCUT2D eigenvalue weighted by molar-refractivity contribution is 5.81. The number of hydrogen-bond acceptors (Lipinski definition) is 6. The van der Waals surface area contributed by atoms with Gasteiger partial charge in [0.2, 0.25) is 5.95 Å². The minimum absolute atomic E-state index is 0.00238. The molecule has 5 aromatic rings. The molecule has 5 heterocycles. The van der Waals surface area contributed by atoms with Gasteiger partial charge in [0.05, 0.1) is 18.4 Å². The highest BCUT2D eigenvalue weighted by Crippen LogP contribution is 2.31. The van der Waals surface area contributed by atoms with Crippen molar-refractivity contribution in [3.63, 3.8) is 0 Å². The molecule has 5 aromatic heterocycles. The maximum Gasteiger partial charge on any atom is 0.408 e. The zero-order valence-electron chi connectivity index (χ0n) is 19.3. The number of anilines is 1. The first kappa shape index (κ1) is 24.3. The quantitative estimate of drug-likeness (QED) is 0.307. The Hall–Kier alpha value is -4.36. The average Bonchev–Trinajstić information content (AvgIpc) is 3.58. The Bertz CT molecular complexity index is 1530. The molecule has 14 heteroatoms. The molecule has 9 nitrogen and oxygen atoms in total. The predicted molar refractivity (Wildman–Crippen MR) is 124 cm³/mol. The third-order valence-electron chi connectivity index (χ3n) is 5.79. The van der Waals surface area contributed by atoms with E-state index in [0.29, 0.717) is 34.3 Å². The lowest BCUT2D eigenvalue weighted by Gasteiger charge is -2.16. The van der Waals surface area contributed by atoms with Crippen LogP contribution in [0.2, 0.25) is 0 Å². The van der Waals surface area contributed by atoms with Gasteiger partial charge in [-0.2, -0.15) is 28.4 Å². The molecule has 0 aliphatic heterocycles. The number of halogens is 5. The SMILES string of the molecule is CCC(c1ccc(C(F)F)nc1)n1cc(-c2cc(-c3cnn(CC(F)(F)F)c3)c3nc(N)nn3c2)cn1. The largest absolute Gasteiger partial charge is 0.408 e. The topological polar surface area (TPSA) is 105 Å². The lowest BCUT2D eigenvalue weighted by molar-refractivity contribution is -0.142. The maximum atomic E-state index is 12.9. The fourth-order valence-electron chi connectivity index (χ4n) is 4.12. The lowest BCUT2D eigenvalue weighted by Crippen LogP contribution is -2.17. The molecule has 2 N–H and O–H groups in total. The van der Waals surface area contributed by atoms with Crippen LogP contribution in [0.15, 0.2) is 55.4 Å². The van der Waals surface area contributed by atoms with E-state index in [1.54, 1.807) is 35.4 Å². The standard InChI is InChI=1S/C23H20F5N9/c1-2-19(13-3-4-18(20(24)25)30-6-13)36-11-15(7-32-36)14-5-17(21-33-22(29)34-37(21)10-14)16-8-31-35(9-16)12-23(26,27)28/h3-11,19-20H,2,12H2,1H3,(H2,29,34). The van der Waals surface area contributed by atoms with Crippen LogP contribution in [-0.2, 0) is 6.54 Å². The zero-order chi connectivity index (χ0) is 26.3. The maximum absolute atomic E-state index is 12.9. The number of hydrogen-bond donors (Lipinski definition) is 1. The van der Waals surface area contributed by atoms with Gasteiger partial charge in [-0.15, -0.1) is 5.10 Å². The molecular formula is C23H20F5N9. The van der Waals surface area contributed by atoms with Crippen LogP contribution in [0.5, 0.6) is 0 Å². The summed E-state index contributed by atoms with van der Waals surface area (Å²) >= 11 is 0. The number of pyridine rings is 2. The molecule has 0 aromatic carbocycles. The molecule has 0 aliphatic carbocycles. The van der Waals surface area contributed by atoms with Crippen molar-refractivity contribution in [3.05, 3.63) is 66.6 Å². The van der Waals surface area contributed by atoms with Crippen LogP contribution in [0.25, 0.3) is 27.9 Å². The van der Waals surface area contributed by atoms with E-state index in [9.17, 15) is 22.0 Å². The highest BCUT2D eigenvalue weighted by Gasteiger charge is 2.28. The molecule has 0 radical (unpaired) electrons. The van der Waals surface area contributed by atoms with Gasteiger partial charge in [-0.25, -0.2) is 13.3 Å². The van der Waals surface area contributed by atoms with Gasteiger partial charge in [-0.3, -0.25) is 14.3 Å². The summed E-state index contributed by atoms with van der Waals surface area (Å²) in [6, 6.07) is 4.39. The molecule has 0 bridgehead atoms. The van der Waals surface area contributed by atoms with Gasteiger partial charge in [0.25, 0.3) is 6.43 Å². The van der Waals surface area contributed by atoms with Crippen LogP contribution in [0, 0.1) is 0 Å². The summed E-state index contributed by atoms with van der Waals surface area (Å²) in [7, 11) is 0. The fourth-order valence-corrected chi connectivity index (χ4v) is 4.12. The zero-order valence-corrected chi connectivity index (χ0v) is 19.3. The number of alkyl halides is 5. The van der Waals surface area contributed by atoms with E-state index >= 15 is 0 Å². The van der Waals surface area contributed by atoms with E-state index in [-0.39, 0.29) is 17.7 Å². The summed E-state index contributed by atoms with van der Waals surface area (Å²) in [4.78, 5) is 8.05. The normalized spacial score (nSPS) is 13.1. The summed E-state index contributed by atoms with van der Waals surface area (Å²) in [6.07, 6.45) is 2.67. The number of nitrogens with zero attached hydrogens (tertiary/aromatic N) is 8. The number of nitrogens with two attached hydrogens (primary N) is 1. The summed E-state index contributed by atoms with van der Waals surface area (Å²) in [5.74, 6) is 0.00238. The van der Waals surface area contributed by atoms with Crippen LogP contribution in [0.1, 0.15) is 37.1 Å². The Morgan fingerprint density at radius 2 is 1.76 bits per heavy atom. The van der Waals surface area contributed by atoms with Gasteiger partial charge in [0, 0.05) is 47.0 Å². The molecule has 192 valence electrons. The van der Waals surface area contributed by atoms with Gasteiger partial charge in [0.15, 0.2) is 5.65 Å². The molecule has 5 rings (SSSR count). The third-order valence-corrected chi connectivity index (χ3v) is 5.79. The predicted octanol–water partition coefficient (Wildman–Crippen LogP) is 4.93. The van der Waals surface area contributed by atoms with Crippen LogP contribution >= 0.6 is 0 Å². The Labute approximate surface area is 206 Å². The third kappa shape index (κ3) is 4.99. The Morgan fingerprint density at radius 1 is 0.973 bits per heavy atom. The monoisotopic (exact) mass is 517 g/mol. The second-order valence-electron chi connectivity index (χ2n) is 8.37. The molecule has 1 atom stereocenters. The number of aromatic nitrogens is 8. The van der Waals surface area contributed by atoms with E-state index in [4.69, 9.17) is 5.73 Å². The first-order chi connectivity index (χ1) is 17.6. The second-order valence-corrected chi connectivity index (χ2v) is 8.37. The van der Waals surface area contributed by atoms with Gasteiger partial charge < -0.3 is 5.73 Å².